The van der Waals surface area contributed by atoms with E-state index in [2.05, 4.69) is 5.32 Å². The molecule has 2 aliphatic heterocycles. The highest BCUT2D eigenvalue weighted by atomic mass is 16.5. The summed E-state index contributed by atoms with van der Waals surface area (Å²) >= 11 is 0. The minimum atomic E-state index is -0.907. The Hall–Kier alpha value is -1.30. The van der Waals surface area contributed by atoms with Gasteiger partial charge in [-0.25, -0.2) is 9.59 Å². The number of nitrogens with one attached hydrogen (secondary N) is 1. The maximum Gasteiger partial charge on any atom is 0.326 e. The van der Waals surface area contributed by atoms with E-state index in [4.69, 9.17) is 9.84 Å². The maximum absolute atomic E-state index is 12.1. The molecule has 2 saturated heterocycles. The normalized spacial score (nSPS) is 27.9. The molecular formula is C13H22N2O4. The zero-order valence-electron chi connectivity index (χ0n) is 11.1. The molecule has 2 aliphatic rings. The van der Waals surface area contributed by atoms with Gasteiger partial charge in [0.1, 0.15) is 6.04 Å². The molecule has 2 heterocycles. The standard InChI is InChI=1S/C13H22N2O4/c16-12(17)11-5-1-2-6-15(11)13(18)14-8-10-4-3-7-19-9-10/h10-11H,1-9H2,(H,14,18)(H,16,17). The molecule has 2 rings (SSSR count). The number of ether oxygens (including phenoxy) is 1. The number of urea groups is 1. The van der Waals surface area contributed by atoms with Crippen LogP contribution in [0.2, 0.25) is 0 Å². The van der Waals surface area contributed by atoms with Gasteiger partial charge in [-0.05, 0) is 38.0 Å². The van der Waals surface area contributed by atoms with Gasteiger partial charge in [0.2, 0.25) is 0 Å². The number of carboxylic acids is 1. The Morgan fingerprint density at radius 2 is 2.11 bits per heavy atom. The third-order valence-corrected chi connectivity index (χ3v) is 3.85. The molecule has 0 saturated carbocycles. The van der Waals surface area contributed by atoms with Crippen LogP contribution < -0.4 is 5.32 Å². The van der Waals surface area contributed by atoms with Crippen molar-refractivity contribution in [3.8, 4) is 0 Å². The molecule has 6 heteroatoms. The Balaban J connectivity index is 1.81. The number of likely N-dealkylation sites (tertiary alicyclic amines) is 1. The van der Waals surface area contributed by atoms with Crippen LogP contribution in [0, 0.1) is 5.92 Å². The van der Waals surface area contributed by atoms with Crippen molar-refractivity contribution in [3.63, 3.8) is 0 Å². The van der Waals surface area contributed by atoms with Gasteiger partial charge in [0.05, 0.1) is 6.61 Å². The predicted molar refractivity (Wildman–Crippen MR) is 68.9 cm³/mol. The van der Waals surface area contributed by atoms with Crippen molar-refractivity contribution in [1.82, 2.24) is 10.2 Å². The van der Waals surface area contributed by atoms with Gasteiger partial charge in [-0.1, -0.05) is 0 Å². The molecule has 108 valence electrons. The topological polar surface area (TPSA) is 78.9 Å². The van der Waals surface area contributed by atoms with Crippen LogP contribution in [0.15, 0.2) is 0 Å². The molecular weight excluding hydrogens is 248 g/mol. The molecule has 0 aromatic carbocycles. The van der Waals surface area contributed by atoms with Gasteiger partial charge in [0.25, 0.3) is 0 Å². The summed E-state index contributed by atoms with van der Waals surface area (Å²) in [5.74, 6) is -0.554. The van der Waals surface area contributed by atoms with E-state index < -0.39 is 12.0 Å². The molecule has 2 unspecified atom stereocenters. The Morgan fingerprint density at radius 3 is 2.79 bits per heavy atom. The van der Waals surface area contributed by atoms with Gasteiger partial charge >= 0.3 is 12.0 Å². The number of carbonyl (C=O) groups excluding carboxylic acids is 1. The summed E-state index contributed by atoms with van der Waals surface area (Å²) in [4.78, 5) is 24.7. The van der Waals surface area contributed by atoms with Crippen molar-refractivity contribution in [2.24, 2.45) is 5.92 Å². The summed E-state index contributed by atoms with van der Waals surface area (Å²) in [5, 5.41) is 12.0. The second-order valence-electron chi connectivity index (χ2n) is 5.31. The molecule has 2 N–H and O–H groups in total. The lowest BCUT2D eigenvalue weighted by atomic mass is 10.0. The number of hydrogen-bond donors (Lipinski definition) is 2. The first kappa shape index (κ1) is 14.1. The highest BCUT2D eigenvalue weighted by molar-refractivity contribution is 5.82. The third kappa shape index (κ3) is 3.83. The van der Waals surface area contributed by atoms with E-state index >= 15 is 0 Å². The quantitative estimate of drug-likeness (QED) is 0.803. The van der Waals surface area contributed by atoms with Gasteiger partial charge < -0.3 is 20.1 Å². The fraction of sp³-hybridized carbons (Fsp3) is 0.846. The number of aliphatic carboxylic acids is 1. The number of carbonyl (C=O) groups is 2. The number of nitrogens with zero attached hydrogens (tertiary/aromatic N) is 1. The van der Waals surface area contributed by atoms with Crippen molar-refractivity contribution < 1.29 is 19.4 Å². The SMILES string of the molecule is O=C(O)C1CCCCN1C(=O)NCC1CCCOC1. The minimum Gasteiger partial charge on any atom is -0.480 e. The summed E-state index contributed by atoms with van der Waals surface area (Å²) in [6.07, 6.45) is 4.39. The lowest BCUT2D eigenvalue weighted by Gasteiger charge is -2.33. The molecule has 0 bridgehead atoms. The number of rotatable bonds is 3. The molecule has 0 aromatic heterocycles. The molecule has 0 radical (unpaired) electrons. The number of hydrogen-bond acceptors (Lipinski definition) is 3. The lowest BCUT2D eigenvalue weighted by Crippen LogP contribution is -2.52. The van der Waals surface area contributed by atoms with Crippen LogP contribution in [0.3, 0.4) is 0 Å². The molecule has 2 fully saturated rings. The van der Waals surface area contributed by atoms with E-state index in [1.807, 2.05) is 0 Å². The van der Waals surface area contributed by atoms with Crippen LogP contribution in [0.25, 0.3) is 0 Å². The van der Waals surface area contributed by atoms with Gasteiger partial charge in [0, 0.05) is 19.7 Å². The molecule has 2 amide bonds. The smallest absolute Gasteiger partial charge is 0.326 e. The van der Waals surface area contributed by atoms with Crippen LogP contribution in [0.4, 0.5) is 4.79 Å². The molecule has 6 nitrogen and oxygen atoms in total. The lowest BCUT2D eigenvalue weighted by molar-refractivity contribution is -0.143. The zero-order valence-corrected chi connectivity index (χ0v) is 11.1. The highest BCUT2D eigenvalue weighted by Gasteiger charge is 2.32. The van der Waals surface area contributed by atoms with Gasteiger partial charge in [-0.2, -0.15) is 0 Å². The van der Waals surface area contributed by atoms with Crippen molar-refractivity contribution in [2.75, 3.05) is 26.3 Å². The van der Waals surface area contributed by atoms with E-state index in [0.29, 0.717) is 32.0 Å². The Kier molecular flexibility index (Phi) is 5.01. The first-order chi connectivity index (χ1) is 9.18. The van der Waals surface area contributed by atoms with E-state index in [1.54, 1.807) is 0 Å². The number of carboxylic acid groups (broad SMARTS) is 1. The average Bonchev–Trinajstić information content (AvgIpc) is 2.46. The van der Waals surface area contributed by atoms with E-state index in [-0.39, 0.29) is 6.03 Å². The van der Waals surface area contributed by atoms with Crippen molar-refractivity contribution in [3.05, 3.63) is 0 Å². The monoisotopic (exact) mass is 270 g/mol. The summed E-state index contributed by atoms with van der Waals surface area (Å²) in [6.45, 7) is 2.59. The average molecular weight is 270 g/mol. The van der Waals surface area contributed by atoms with Crippen LogP contribution in [-0.2, 0) is 9.53 Å². The summed E-state index contributed by atoms with van der Waals surface area (Å²) in [7, 11) is 0. The first-order valence-corrected chi connectivity index (χ1v) is 7.03. The van der Waals surface area contributed by atoms with Crippen LogP contribution >= 0.6 is 0 Å². The Labute approximate surface area is 113 Å². The largest absolute Gasteiger partial charge is 0.480 e. The van der Waals surface area contributed by atoms with E-state index in [1.165, 1.54) is 4.90 Å². The second kappa shape index (κ2) is 6.75. The summed E-state index contributed by atoms with van der Waals surface area (Å²) < 4.78 is 5.36. The van der Waals surface area contributed by atoms with Crippen molar-refractivity contribution >= 4 is 12.0 Å². The maximum atomic E-state index is 12.1. The Morgan fingerprint density at radius 1 is 1.26 bits per heavy atom. The third-order valence-electron chi connectivity index (χ3n) is 3.85. The molecule has 0 aromatic rings. The number of piperidine rings is 1. The summed E-state index contributed by atoms with van der Waals surface area (Å²) in [6, 6.07) is -0.922. The van der Waals surface area contributed by atoms with Crippen LogP contribution in [0.5, 0.6) is 0 Å². The minimum absolute atomic E-state index is 0.252. The van der Waals surface area contributed by atoms with E-state index in [9.17, 15) is 9.59 Å². The van der Waals surface area contributed by atoms with Gasteiger partial charge in [-0.3, -0.25) is 0 Å². The molecule has 0 aliphatic carbocycles. The van der Waals surface area contributed by atoms with E-state index in [0.717, 1.165) is 32.3 Å². The fourth-order valence-electron chi connectivity index (χ4n) is 2.73. The van der Waals surface area contributed by atoms with Crippen LogP contribution in [0.1, 0.15) is 32.1 Å². The highest BCUT2D eigenvalue weighted by Crippen LogP contribution is 2.18. The van der Waals surface area contributed by atoms with Crippen molar-refractivity contribution in [1.29, 1.82) is 0 Å². The van der Waals surface area contributed by atoms with Gasteiger partial charge in [0.15, 0.2) is 0 Å². The predicted octanol–water partition coefficient (Wildman–Crippen LogP) is 1.06. The zero-order chi connectivity index (χ0) is 13.7. The molecule has 2 atom stereocenters. The Bertz CT molecular complexity index is 329. The van der Waals surface area contributed by atoms with Crippen LogP contribution in [-0.4, -0.2) is 54.4 Å². The first-order valence-electron chi connectivity index (χ1n) is 7.03. The van der Waals surface area contributed by atoms with Crippen molar-refractivity contribution in [2.45, 2.75) is 38.1 Å². The number of amides is 2. The fourth-order valence-corrected chi connectivity index (χ4v) is 2.73. The second-order valence-corrected chi connectivity index (χ2v) is 5.31. The molecule has 0 spiro atoms. The summed E-state index contributed by atoms with van der Waals surface area (Å²) in [5.41, 5.74) is 0. The molecule has 19 heavy (non-hydrogen) atoms. The van der Waals surface area contributed by atoms with Gasteiger partial charge in [-0.15, -0.1) is 0 Å².